The van der Waals surface area contributed by atoms with Crippen LogP contribution in [0.3, 0.4) is 0 Å². The topological polar surface area (TPSA) is 101 Å². The van der Waals surface area contributed by atoms with Gasteiger partial charge in [-0.1, -0.05) is 44.7 Å². The number of nitrogens with one attached hydrogen (secondary N) is 2. The number of Topliss-reactive ketones (excluding diaryl/α,β-unsaturated/α-hetero) is 1. The van der Waals surface area contributed by atoms with Crippen molar-refractivity contribution in [1.82, 2.24) is 0 Å². The Labute approximate surface area is 277 Å². The Morgan fingerprint density at radius 3 is 2.02 bits per heavy atom. The number of carbonyl (C=O) groups is 1. The third kappa shape index (κ3) is 5.81. The molecule has 47 heavy (non-hydrogen) atoms. The second-order valence-corrected chi connectivity index (χ2v) is 13.0. The van der Waals surface area contributed by atoms with Crippen molar-refractivity contribution < 1.29 is 23.8 Å². The van der Waals surface area contributed by atoms with Gasteiger partial charge in [0.15, 0.2) is 5.41 Å². The first-order valence-electron chi connectivity index (χ1n) is 17.5. The number of carbonyl (C=O) groups excluding carboxylic acids is 1. The van der Waals surface area contributed by atoms with Crippen molar-refractivity contribution in [2.24, 2.45) is 0 Å². The average molecular weight is 637 g/mol. The summed E-state index contributed by atoms with van der Waals surface area (Å²) in [5, 5.41) is 3.49. The molecule has 0 amide bonds. The van der Waals surface area contributed by atoms with Crippen molar-refractivity contribution in [2.45, 2.75) is 57.3 Å². The maximum absolute atomic E-state index is 14.0. The molecule has 3 aromatic carbocycles. The van der Waals surface area contributed by atoms with E-state index < -0.39 is 5.41 Å². The Hall–Kier alpha value is -4.17. The first kappa shape index (κ1) is 31.4. The van der Waals surface area contributed by atoms with Gasteiger partial charge in [-0.15, -0.1) is 0 Å². The number of anilines is 3. The summed E-state index contributed by atoms with van der Waals surface area (Å²) in [6.45, 7) is 9.42. The maximum Gasteiger partial charge on any atom is 0.408 e. The first-order chi connectivity index (χ1) is 23.1. The van der Waals surface area contributed by atoms with Crippen molar-refractivity contribution in [3.63, 3.8) is 0 Å². The van der Waals surface area contributed by atoms with E-state index >= 15 is 0 Å². The number of fused-ring (bicyclic) bond motifs is 6. The Morgan fingerprint density at radius 2 is 1.43 bits per heavy atom. The molecule has 9 nitrogen and oxygen atoms in total. The predicted octanol–water partition coefficient (Wildman–Crippen LogP) is 6.84. The van der Waals surface area contributed by atoms with Crippen LogP contribution in [0.1, 0.15) is 78.9 Å². The fourth-order valence-corrected chi connectivity index (χ4v) is 7.28. The van der Waals surface area contributed by atoms with Crippen molar-refractivity contribution in [1.29, 1.82) is 5.53 Å². The third-order valence-electron chi connectivity index (χ3n) is 10.1. The van der Waals surface area contributed by atoms with Crippen LogP contribution in [0.25, 0.3) is 0 Å². The lowest BCUT2D eigenvalue weighted by Gasteiger charge is -2.38. The van der Waals surface area contributed by atoms with Gasteiger partial charge in [0.2, 0.25) is 0 Å². The van der Waals surface area contributed by atoms with E-state index in [-0.39, 0.29) is 11.5 Å². The summed E-state index contributed by atoms with van der Waals surface area (Å²) in [5.41, 5.74) is 13.7. The van der Waals surface area contributed by atoms with Crippen LogP contribution in [0.5, 0.6) is 11.5 Å². The molecule has 0 bridgehead atoms. The van der Waals surface area contributed by atoms with Gasteiger partial charge < -0.3 is 29.3 Å². The Balaban J connectivity index is 1.14. The Kier molecular flexibility index (Phi) is 9.30. The van der Waals surface area contributed by atoms with E-state index in [0.29, 0.717) is 43.4 Å². The normalized spacial score (nSPS) is 17.0. The predicted molar refractivity (Wildman–Crippen MR) is 184 cm³/mol. The molecule has 1 aliphatic carbocycles. The van der Waals surface area contributed by atoms with Gasteiger partial charge in [-0.3, -0.25) is 4.79 Å². The molecule has 7 rings (SSSR count). The number of rotatable bonds is 15. The van der Waals surface area contributed by atoms with Crippen molar-refractivity contribution >= 4 is 28.6 Å². The highest BCUT2D eigenvalue weighted by Crippen LogP contribution is 2.57. The number of ether oxygens (including phenoxy) is 3. The fourth-order valence-electron chi connectivity index (χ4n) is 7.28. The van der Waals surface area contributed by atoms with E-state index in [0.717, 1.165) is 73.0 Å². The lowest BCUT2D eigenvalue weighted by molar-refractivity contribution is -0.122. The molecule has 0 unspecified atom stereocenters. The number of hydrogen-bond acceptors (Lipinski definition) is 8. The zero-order valence-electron chi connectivity index (χ0n) is 27.5. The molecule has 0 radical (unpaired) electrons. The van der Waals surface area contributed by atoms with Gasteiger partial charge in [-0.05, 0) is 55.2 Å². The van der Waals surface area contributed by atoms with E-state index in [1.807, 2.05) is 12.1 Å². The summed E-state index contributed by atoms with van der Waals surface area (Å²) in [7, 11) is 0. The summed E-state index contributed by atoms with van der Waals surface area (Å²) in [6, 6.07) is 18.4. The molecule has 1 spiro atoms. The van der Waals surface area contributed by atoms with Gasteiger partial charge in [0, 0.05) is 85.2 Å². The summed E-state index contributed by atoms with van der Waals surface area (Å²) < 4.78 is 18.2. The summed E-state index contributed by atoms with van der Waals surface area (Å²) in [5.74, 6) is 1.20. The summed E-state index contributed by atoms with van der Waals surface area (Å²) in [4.78, 5) is 22.7. The molecule has 3 heterocycles. The van der Waals surface area contributed by atoms with E-state index in [1.165, 1.54) is 38.5 Å². The summed E-state index contributed by atoms with van der Waals surface area (Å²) >= 11 is 0. The summed E-state index contributed by atoms with van der Waals surface area (Å²) in [6.07, 6.45) is 8.52. The minimum absolute atomic E-state index is 0.206. The van der Waals surface area contributed by atoms with Crippen molar-refractivity contribution in [3.05, 3.63) is 76.9 Å². The highest BCUT2D eigenvalue weighted by molar-refractivity contribution is 6.52. The van der Waals surface area contributed by atoms with Crippen molar-refractivity contribution in [3.8, 4) is 11.5 Å². The second kappa shape index (κ2) is 13.9. The van der Waals surface area contributed by atoms with E-state index in [2.05, 4.69) is 69.3 Å². The molecule has 4 aliphatic rings. The molecule has 0 atom stereocenters. The van der Waals surface area contributed by atoms with Gasteiger partial charge in [-0.25, -0.2) is 0 Å². The van der Waals surface area contributed by atoms with Gasteiger partial charge in [0.05, 0.1) is 30.1 Å². The van der Waals surface area contributed by atoms with Crippen LogP contribution in [0, 0.1) is 5.53 Å². The largest absolute Gasteiger partial charge is 0.457 e. The van der Waals surface area contributed by atoms with Gasteiger partial charge in [0.25, 0.3) is 5.78 Å². The zero-order valence-corrected chi connectivity index (χ0v) is 27.5. The van der Waals surface area contributed by atoms with E-state index in [1.54, 1.807) is 0 Å². The van der Waals surface area contributed by atoms with Crippen LogP contribution in [0.4, 0.5) is 17.1 Å². The molecule has 2 saturated heterocycles. The maximum atomic E-state index is 14.0. The Morgan fingerprint density at radius 1 is 0.787 bits per heavy atom. The highest BCUT2D eigenvalue weighted by atomic mass is 16.5. The van der Waals surface area contributed by atoms with Crippen LogP contribution in [-0.2, 0) is 14.9 Å². The number of ketones is 1. The Bertz CT molecular complexity index is 1610. The highest BCUT2D eigenvalue weighted by Gasteiger charge is 2.63. The fraction of sp³-hybridized carbons (Fsp3) is 0.474. The molecule has 3 aromatic rings. The van der Waals surface area contributed by atoms with E-state index in [4.69, 9.17) is 19.7 Å². The molecule has 0 saturated carbocycles. The van der Waals surface area contributed by atoms with Gasteiger partial charge >= 0.3 is 5.71 Å². The van der Waals surface area contributed by atoms with Crippen LogP contribution >= 0.6 is 0 Å². The first-order valence-corrected chi connectivity index (χ1v) is 17.5. The van der Waals surface area contributed by atoms with Crippen LogP contribution < -0.4 is 19.9 Å². The average Bonchev–Trinajstić information content (AvgIpc) is 3.27. The molecule has 2 fully saturated rings. The minimum Gasteiger partial charge on any atom is -0.457 e. The molecule has 3 aliphatic heterocycles. The molecular weight excluding hydrogens is 590 g/mol. The van der Waals surface area contributed by atoms with Crippen molar-refractivity contribution in [2.75, 3.05) is 74.3 Å². The standard InChI is InChI=1S/C38H45N5O4/c1-2-3-4-5-6-20-45-22-23-46-21-15-40-27-9-12-30-33(24-27)38(37(41-39)36(30)44)31-13-10-28(42-16-7-17-42)25-34(31)47-35-26-29(11-14-32(35)38)43-18-8-19-43/h9-14,24-26,39H,2-8,15-23H2,1H3/p+1. The van der Waals surface area contributed by atoms with Crippen LogP contribution in [0.15, 0.2) is 54.6 Å². The quantitative estimate of drug-likeness (QED) is 0.107. The van der Waals surface area contributed by atoms with Gasteiger partial charge in [0.1, 0.15) is 11.5 Å². The number of hydrogen-bond donors (Lipinski definition) is 2. The van der Waals surface area contributed by atoms with E-state index in [9.17, 15) is 4.79 Å². The number of benzene rings is 3. The number of nitrogens with zero attached hydrogens (tertiary/aromatic N) is 3. The SMILES string of the molecule is CCCCCCCOCCOCCNc1ccc2c(c1)C1(C(=[N+]=N)C2=O)c2ccc(N3CCC3)cc2Oc2cc(N3CCC3)ccc21. The van der Waals surface area contributed by atoms with Crippen LogP contribution in [-0.4, -0.2) is 75.4 Å². The zero-order chi connectivity index (χ0) is 32.2. The van der Waals surface area contributed by atoms with Crippen LogP contribution in [0.2, 0.25) is 0 Å². The lowest BCUT2D eigenvalue weighted by Crippen LogP contribution is -2.41. The third-order valence-corrected chi connectivity index (χ3v) is 10.1. The number of unbranched alkanes of at least 4 members (excludes halogenated alkanes) is 4. The lowest BCUT2D eigenvalue weighted by atomic mass is 9.67. The molecular formula is C38H46N5O4+. The minimum atomic E-state index is -1.06. The smallest absolute Gasteiger partial charge is 0.408 e. The van der Waals surface area contributed by atoms with Gasteiger partial charge in [-0.2, -0.15) is 0 Å². The second-order valence-electron chi connectivity index (χ2n) is 13.0. The molecule has 0 aromatic heterocycles. The molecule has 2 N–H and O–H groups in total. The molecule has 9 heteroatoms. The molecule has 246 valence electrons. The monoisotopic (exact) mass is 636 g/mol.